The summed E-state index contributed by atoms with van der Waals surface area (Å²) in [5, 5.41) is 21.3. The second kappa shape index (κ2) is 8.75. The lowest BCUT2D eigenvalue weighted by Crippen LogP contribution is -2.12. The maximum absolute atomic E-state index is 12.1. The first-order valence-corrected chi connectivity index (χ1v) is 8.10. The Morgan fingerprint density at radius 3 is 2.50 bits per heavy atom. The van der Waals surface area contributed by atoms with Crippen molar-refractivity contribution in [1.29, 1.82) is 0 Å². The summed E-state index contributed by atoms with van der Waals surface area (Å²) in [5.41, 5.74) is 1.03. The van der Waals surface area contributed by atoms with E-state index in [2.05, 4.69) is 5.32 Å². The highest BCUT2D eigenvalue weighted by Gasteiger charge is 2.11. The van der Waals surface area contributed by atoms with Crippen LogP contribution in [0.15, 0.2) is 36.4 Å². The van der Waals surface area contributed by atoms with Crippen LogP contribution >= 0.6 is 0 Å². The number of aromatic hydroxyl groups is 1. The molecule has 1 amide bonds. The smallest absolute Gasteiger partial charge is 0.335 e. The molecule has 0 fully saturated rings. The number of ether oxygens (including phenoxy) is 2. The topological polar surface area (TPSA) is 105 Å². The third kappa shape index (κ3) is 4.89. The number of carbonyl (C=O) groups excluding carboxylic acids is 1. The standard InChI is InChI=1S/C19H21NO6/c1-3-26-16-8-4-12(10-17(16)25-2)5-9-18(22)20-14-7-6-13(19(23)24)11-15(14)21/h4,6-8,10-11,21H,3,5,9H2,1-2H3,(H,20,22)(H,23,24). The van der Waals surface area contributed by atoms with Crippen LogP contribution in [-0.2, 0) is 11.2 Å². The molecule has 0 saturated carbocycles. The van der Waals surface area contributed by atoms with E-state index in [1.165, 1.54) is 12.1 Å². The molecule has 0 aliphatic rings. The van der Waals surface area contributed by atoms with Gasteiger partial charge in [-0.15, -0.1) is 0 Å². The number of amides is 1. The van der Waals surface area contributed by atoms with Crippen molar-refractivity contribution in [3.8, 4) is 17.2 Å². The first-order chi connectivity index (χ1) is 12.4. The van der Waals surface area contributed by atoms with Crippen molar-refractivity contribution >= 4 is 17.6 Å². The van der Waals surface area contributed by atoms with E-state index in [1.54, 1.807) is 13.2 Å². The number of carboxylic acids is 1. The average Bonchev–Trinajstić information content (AvgIpc) is 2.62. The highest BCUT2D eigenvalue weighted by molar-refractivity contribution is 5.94. The molecule has 0 unspecified atom stereocenters. The normalized spacial score (nSPS) is 10.2. The van der Waals surface area contributed by atoms with Crippen LogP contribution in [0.1, 0.15) is 29.3 Å². The van der Waals surface area contributed by atoms with Crippen LogP contribution in [0, 0.1) is 0 Å². The highest BCUT2D eigenvalue weighted by Crippen LogP contribution is 2.29. The molecule has 3 N–H and O–H groups in total. The number of benzene rings is 2. The molecule has 26 heavy (non-hydrogen) atoms. The number of hydrogen-bond acceptors (Lipinski definition) is 5. The van der Waals surface area contributed by atoms with Crippen molar-refractivity contribution in [2.24, 2.45) is 0 Å². The molecule has 0 spiro atoms. The summed E-state index contributed by atoms with van der Waals surface area (Å²) >= 11 is 0. The zero-order chi connectivity index (χ0) is 19.1. The van der Waals surface area contributed by atoms with E-state index in [1.807, 2.05) is 19.1 Å². The number of phenolic OH excluding ortho intramolecular Hbond substituents is 1. The maximum Gasteiger partial charge on any atom is 0.335 e. The molecule has 138 valence electrons. The number of phenols is 1. The minimum absolute atomic E-state index is 0.0537. The van der Waals surface area contributed by atoms with E-state index in [-0.39, 0.29) is 29.3 Å². The van der Waals surface area contributed by atoms with Gasteiger partial charge in [-0.2, -0.15) is 0 Å². The largest absolute Gasteiger partial charge is 0.506 e. The van der Waals surface area contributed by atoms with Crippen molar-refractivity contribution < 1.29 is 29.3 Å². The Labute approximate surface area is 151 Å². The lowest BCUT2D eigenvalue weighted by molar-refractivity contribution is -0.116. The van der Waals surface area contributed by atoms with Crippen LogP contribution in [0.3, 0.4) is 0 Å². The average molecular weight is 359 g/mol. The van der Waals surface area contributed by atoms with E-state index in [0.29, 0.717) is 24.5 Å². The Balaban J connectivity index is 1.97. The summed E-state index contributed by atoms with van der Waals surface area (Å²) in [5.74, 6) is -0.488. The van der Waals surface area contributed by atoms with Gasteiger partial charge in [0.2, 0.25) is 5.91 Å². The fourth-order valence-electron chi connectivity index (χ4n) is 2.38. The Hall–Kier alpha value is -3.22. The van der Waals surface area contributed by atoms with Gasteiger partial charge in [0.25, 0.3) is 0 Å². The predicted octanol–water partition coefficient (Wildman–Crippen LogP) is 3.07. The Bertz CT molecular complexity index is 803. The molecule has 0 atom stereocenters. The minimum atomic E-state index is -1.15. The van der Waals surface area contributed by atoms with Gasteiger partial charge in [-0.3, -0.25) is 4.79 Å². The summed E-state index contributed by atoms with van der Waals surface area (Å²) in [6.45, 7) is 2.42. The van der Waals surface area contributed by atoms with Crippen LogP contribution in [0.2, 0.25) is 0 Å². The predicted molar refractivity (Wildman–Crippen MR) is 96.2 cm³/mol. The summed E-state index contributed by atoms with van der Waals surface area (Å²) in [6, 6.07) is 9.24. The van der Waals surface area contributed by atoms with Crippen molar-refractivity contribution in [2.75, 3.05) is 19.0 Å². The van der Waals surface area contributed by atoms with Gasteiger partial charge in [0.1, 0.15) is 5.75 Å². The second-order valence-corrected chi connectivity index (χ2v) is 5.50. The molecule has 7 nitrogen and oxygen atoms in total. The van der Waals surface area contributed by atoms with Crippen molar-refractivity contribution in [2.45, 2.75) is 19.8 Å². The quantitative estimate of drug-likeness (QED) is 0.626. The molecule has 0 heterocycles. The molecule has 0 saturated heterocycles. The van der Waals surface area contributed by atoms with Crippen LogP contribution in [0.4, 0.5) is 5.69 Å². The molecule has 7 heteroatoms. The monoisotopic (exact) mass is 359 g/mol. The number of aromatic carboxylic acids is 1. The van der Waals surface area contributed by atoms with Gasteiger partial charge in [0, 0.05) is 6.42 Å². The third-order valence-electron chi connectivity index (χ3n) is 3.69. The summed E-state index contributed by atoms with van der Waals surface area (Å²) in [4.78, 5) is 22.9. The summed E-state index contributed by atoms with van der Waals surface area (Å²) < 4.78 is 10.7. The molecular weight excluding hydrogens is 338 g/mol. The molecule has 0 radical (unpaired) electrons. The fraction of sp³-hybridized carbons (Fsp3) is 0.263. The highest BCUT2D eigenvalue weighted by atomic mass is 16.5. The lowest BCUT2D eigenvalue weighted by atomic mass is 10.1. The van der Waals surface area contributed by atoms with Gasteiger partial charge in [0.05, 0.1) is 25.0 Å². The maximum atomic E-state index is 12.1. The van der Waals surface area contributed by atoms with Gasteiger partial charge in [-0.05, 0) is 49.2 Å². The number of anilines is 1. The van der Waals surface area contributed by atoms with E-state index in [9.17, 15) is 14.7 Å². The third-order valence-corrected chi connectivity index (χ3v) is 3.69. The van der Waals surface area contributed by atoms with Crippen LogP contribution in [0.25, 0.3) is 0 Å². The number of carbonyl (C=O) groups is 2. The lowest BCUT2D eigenvalue weighted by Gasteiger charge is -2.11. The first kappa shape index (κ1) is 19.1. The fourth-order valence-corrected chi connectivity index (χ4v) is 2.38. The molecule has 0 aromatic heterocycles. The van der Waals surface area contributed by atoms with Gasteiger partial charge >= 0.3 is 5.97 Å². The van der Waals surface area contributed by atoms with Crippen molar-refractivity contribution in [3.63, 3.8) is 0 Å². The van der Waals surface area contributed by atoms with Crippen LogP contribution in [-0.4, -0.2) is 35.8 Å². The molecule has 0 aliphatic carbocycles. The summed E-state index contributed by atoms with van der Waals surface area (Å²) in [6.07, 6.45) is 0.666. The minimum Gasteiger partial charge on any atom is -0.506 e. The van der Waals surface area contributed by atoms with Crippen molar-refractivity contribution in [3.05, 3.63) is 47.5 Å². The van der Waals surface area contributed by atoms with E-state index in [0.717, 1.165) is 11.6 Å². The first-order valence-electron chi connectivity index (χ1n) is 8.10. The van der Waals surface area contributed by atoms with Crippen molar-refractivity contribution in [1.82, 2.24) is 0 Å². The number of methoxy groups -OCH3 is 1. The zero-order valence-corrected chi connectivity index (χ0v) is 14.6. The van der Waals surface area contributed by atoms with E-state index >= 15 is 0 Å². The van der Waals surface area contributed by atoms with Gasteiger partial charge in [-0.25, -0.2) is 4.79 Å². The number of rotatable bonds is 8. The molecule has 0 aliphatic heterocycles. The van der Waals surface area contributed by atoms with E-state index in [4.69, 9.17) is 14.6 Å². The molecular formula is C19H21NO6. The summed E-state index contributed by atoms with van der Waals surface area (Å²) in [7, 11) is 1.55. The number of aryl methyl sites for hydroxylation is 1. The molecule has 2 aromatic rings. The molecule has 0 bridgehead atoms. The van der Waals surface area contributed by atoms with Gasteiger partial charge in [-0.1, -0.05) is 6.07 Å². The Morgan fingerprint density at radius 2 is 1.88 bits per heavy atom. The second-order valence-electron chi connectivity index (χ2n) is 5.50. The SMILES string of the molecule is CCOc1ccc(CCC(=O)Nc2ccc(C(=O)O)cc2O)cc1OC. The number of carboxylic acid groups (broad SMARTS) is 1. The Kier molecular flexibility index (Phi) is 6.43. The van der Waals surface area contributed by atoms with Gasteiger partial charge < -0.3 is 25.0 Å². The molecule has 2 rings (SSSR count). The zero-order valence-electron chi connectivity index (χ0n) is 14.6. The Morgan fingerprint density at radius 1 is 1.12 bits per heavy atom. The number of nitrogens with one attached hydrogen (secondary N) is 1. The van der Waals surface area contributed by atoms with Crippen LogP contribution < -0.4 is 14.8 Å². The number of hydrogen-bond donors (Lipinski definition) is 3. The van der Waals surface area contributed by atoms with Crippen LogP contribution in [0.5, 0.6) is 17.2 Å². The molecule has 2 aromatic carbocycles. The van der Waals surface area contributed by atoms with E-state index < -0.39 is 5.97 Å². The van der Waals surface area contributed by atoms with Gasteiger partial charge in [0.15, 0.2) is 11.5 Å².